The molecular weight excluding hydrogens is 556 g/mol. The first-order chi connectivity index (χ1) is 19.7. The minimum Gasteiger partial charge on any atom is -0.494 e. The predicted octanol–water partition coefficient (Wildman–Crippen LogP) is 8.12. The number of hydrogen-bond acceptors (Lipinski definition) is 6. The maximum Gasteiger partial charge on any atom is 0.193 e. The van der Waals surface area contributed by atoms with Crippen molar-refractivity contribution >= 4 is 41.2 Å². The lowest BCUT2D eigenvalue weighted by Crippen LogP contribution is -2.17. The molecule has 0 amide bonds. The van der Waals surface area contributed by atoms with Crippen LogP contribution in [-0.2, 0) is 19.7 Å². The molecule has 220 valence electrons. The van der Waals surface area contributed by atoms with Gasteiger partial charge in [0.15, 0.2) is 24.8 Å². The van der Waals surface area contributed by atoms with E-state index in [0.29, 0.717) is 24.0 Å². The Hall–Kier alpha value is -3.10. The molecule has 4 aromatic carbocycles. The molecule has 4 rings (SSSR count). The highest BCUT2D eigenvalue weighted by Crippen LogP contribution is 2.28. The van der Waals surface area contributed by atoms with Crippen molar-refractivity contribution in [2.45, 2.75) is 75.0 Å². The van der Waals surface area contributed by atoms with Gasteiger partial charge < -0.3 is 9.47 Å². The minimum atomic E-state index is -4.11. The van der Waals surface area contributed by atoms with E-state index in [9.17, 15) is 16.8 Å². The number of rotatable bonds is 16. The van der Waals surface area contributed by atoms with E-state index in [1.807, 2.05) is 24.3 Å². The lowest BCUT2D eigenvalue weighted by atomic mass is 10.1. The van der Waals surface area contributed by atoms with Crippen LogP contribution in [0.1, 0.15) is 65.2 Å². The quantitative estimate of drug-likeness (QED) is 0.121. The smallest absolute Gasteiger partial charge is 0.193 e. The standard InChI is InChI=1S/C33H40O6S2/c1-3-5-7-9-19-38-30-15-11-28-23-32(17-13-26(28)21-30)40(34,35)25-41(36,37)33-18-14-27-22-31(16-12-29(27)24-33)39-20-10-8-6-4-2/h11-18,21-24H,3-10,19-20,25H2,1-2H3. The highest BCUT2D eigenvalue weighted by molar-refractivity contribution is 8.08. The molecule has 0 fully saturated rings. The van der Waals surface area contributed by atoms with Gasteiger partial charge in [0.25, 0.3) is 0 Å². The summed E-state index contributed by atoms with van der Waals surface area (Å²) in [6.07, 6.45) is 8.94. The summed E-state index contributed by atoms with van der Waals surface area (Å²) in [6, 6.07) is 20.3. The lowest BCUT2D eigenvalue weighted by Gasteiger charge is -2.11. The Morgan fingerprint density at radius 2 is 0.878 bits per heavy atom. The Bertz CT molecular complexity index is 1550. The number of hydrogen-bond donors (Lipinski definition) is 0. The van der Waals surface area contributed by atoms with E-state index < -0.39 is 24.8 Å². The van der Waals surface area contributed by atoms with Gasteiger partial charge in [-0.05, 0) is 82.9 Å². The molecular formula is C33H40O6S2. The van der Waals surface area contributed by atoms with Gasteiger partial charge in [-0.15, -0.1) is 0 Å². The number of fused-ring (bicyclic) bond motifs is 2. The van der Waals surface area contributed by atoms with E-state index >= 15 is 0 Å². The van der Waals surface area contributed by atoms with Gasteiger partial charge in [0.05, 0.1) is 23.0 Å². The van der Waals surface area contributed by atoms with Crippen LogP contribution in [0, 0.1) is 0 Å². The Morgan fingerprint density at radius 3 is 1.29 bits per heavy atom. The molecule has 0 heterocycles. The van der Waals surface area contributed by atoms with Crippen LogP contribution < -0.4 is 9.47 Å². The molecule has 0 aromatic heterocycles. The zero-order valence-corrected chi connectivity index (χ0v) is 25.6. The molecule has 4 aromatic rings. The molecule has 0 aliphatic rings. The fraction of sp³-hybridized carbons (Fsp3) is 0.394. The SMILES string of the molecule is CCCCCCOc1ccc2cc(S(=O)(=O)CS(=O)(=O)c3ccc4cc(OCCCCCC)ccc4c3)ccc2c1. The van der Waals surface area contributed by atoms with E-state index in [0.717, 1.165) is 48.0 Å². The first-order valence-corrected chi connectivity index (χ1v) is 17.8. The molecule has 8 heteroatoms. The van der Waals surface area contributed by atoms with Crippen LogP contribution in [0.4, 0.5) is 0 Å². The molecule has 0 spiro atoms. The number of ether oxygens (including phenoxy) is 2. The maximum absolute atomic E-state index is 13.2. The summed E-state index contributed by atoms with van der Waals surface area (Å²) in [7, 11) is -8.21. The fourth-order valence-corrected chi connectivity index (χ4v) is 8.63. The van der Waals surface area contributed by atoms with Gasteiger partial charge in [-0.3, -0.25) is 0 Å². The number of unbranched alkanes of at least 4 members (excludes halogenated alkanes) is 6. The van der Waals surface area contributed by atoms with Gasteiger partial charge in [-0.1, -0.05) is 76.6 Å². The highest BCUT2D eigenvalue weighted by atomic mass is 32.3. The predicted molar refractivity (Wildman–Crippen MR) is 166 cm³/mol. The van der Waals surface area contributed by atoms with Crippen LogP contribution >= 0.6 is 0 Å². The van der Waals surface area contributed by atoms with Gasteiger partial charge in [-0.25, -0.2) is 16.8 Å². The average molecular weight is 597 g/mol. The van der Waals surface area contributed by atoms with Crippen LogP contribution in [0.5, 0.6) is 11.5 Å². The van der Waals surface area contributed by atoms with Crippen molar-refractivity contribution < 1.29 is 26.3 Å². The number of sulfone groups is 2. The molecule has 0 aliphatic heterocycles. The van der Waals surface area contributed by atoms with Crippen LogP contribution in [0.3, 0.4) is 0 Å². The molecule has 0 bridgehead atoms. The molecule has 0 atom stereocenters. The van der Waals surface area contributed by atoms with Gasteiger partial charge in [0.2, 0.25) is 0 Å². The normalized spacial score (nSPS) is 12.1. The van der Waals surface area contributed by atoms with Crippen molar-refractivity contribution in [3.05, 3.63) is 72.8 Å². The van der Waals surface area contributed by atoms with Gasteiger partial charge in [0, 0.05) is 0 Å². The van der Waals surface area contributed by atoms with Crippen molar-refractivity contribution in [3.63, 3.8) is 0 Å². The van der Waals surface area contributed by atoms with Gasteiger partial charge in [-0.2, -0.15) is 0 Å². The van der Waals surface area contributed by atoms with Crippen molar-refractivity contribution in [1.29, 1.82) is 0 Å². The summed E-state index contributed by atoms with van der Waals surface area (Å²) in [6.45, 7) is 5.61. The van der Waals surface area contributed by atoms with Crippen LogP contribution in [0.25, 0.3) is 21.5 Å². The monoisotopic (exact) mass is 596 g/mol. The first-order valence-electron chi connectivity index (χ1n) is 14.5. The van der Waals surface area contributed by atoms with Crippen LogP contribution in [0.2, 0.25) is 0 Å². The van der Waals surface area contributed by atoms with Crippen LogP contribution in [0.15, 0.2) is 82.6 Å². The second-order valence-corrected chi connectivity index (χ2v) is 14.9. The molecule has 0 radical (unpaired) electrons. The lowest BCUT2D eigenvalue weighted by molar-refractivity contribution is 0.305. The summed E-state index contributed by atoms with van der Waals surface area (Å²) in [4.78, 5) is -0.0494. The molecule has 0 saturated carbocycles. The molecule has 0 saturated heterocycles. The maximum atomic E-state index is 13.2. The summed E-state index contributed by atoms with van der Waals surface area (Å²) in [5.41, 5.74) is 0. The largest absolute Gasteiger partial charge is 0.494 e. The third-order valence-electron chi connectivity index (χ3n) is 7.13. The first kappa shape index (κ1) is 30.8. The van der Waals surface area contributed by atoms with E-state index in [1.54, 1.807) is 24.3 Å². The third kappa shape index (κ3) is 8.46. The summed E-state index contributed by atoms with van der Waals surface area (Å²) >= 11 is 0. The zero-order chi connectivity index (χ0) is 29.3. The summed E-state index contributed by atoms with van der Waals surface area (Å²) in [5.74, 6) is 1.46. The summed E-state index contributed by atoms with van der Waals surface area (Å²) in [5, 5.41) is 2.06. The Labute approximate surface area is 244 Å². The minimum absolute atomic E-state index is 0.0247. The van der Waals surface area contributed by atoms with E-state index in [1.165, 1.54) is 49.9 Å². The average Bonchev–Trinajstić information content (AvgIpc) is 2.95. The molecule has 0 N–H and O–H groups in total. The van der Waals surface area contributed by atoms with Crippen molar-refractivity contribution in [2.24, 2.45) is 0 Å². The third-order valence-corrected chi connectivity index (χ3v) is 11.6. The van der Waals surface area contributed by atoms with E-state index in [4.69, 9.17) is 9.47 Å². The molecule has 6 nitrogen and oxygen atoms in total. The van der Waals surface area contributed by atoms with E-state index in [-0.39, 0.29) is 9.79 Å². The molecule has 0 unspecified atom stereocenters. The second-order valence-electron chi connectivity index (χ2n) is 10.5. The Balaban J connectivity index is 1.44. The number of benzene rings is 4. The van der Waals surface area contributed by atoms with E-state index in [2.05, 4.69) is 13.8 Å². The van der Waals surface area contributed by atoms with Crippen molar-refractivity contribution in [1.82, 2.24) is 0 Å². The zero-order valence-electron chi connectivity index (χ0n) is 24.0. The summed E-state index contributed by atoms with van der Waals surface area (Å²) < 4.78 is 64.5. The molecule has 41 heavy (non-hydrogen) atoms. The van der Waals surface area contributed by atoms with Crippen molar-refractivity contribution in [2.75, 3.05) is 18.3 Å². The Morgan fingerprint density at radius 1 is 0.488 bits per heavy atom. The second kappa shape index (κ2) is 14.2. The van der Waals surface area contributed by atoms with Crippen LogP contribution in [-0.4, -0.2) is 35.1 Å². The fourth-order valence-electron chi connectivity index (χ4n) is 4.75. The highest BCUT2D eigenvalue weighted by Gasteiger charge is 2.26. The van der Waals surface area contributed by atoms with Crippen molar-refractivity contribution in [3.8, 4) is 11.5 Å². The molecule has 0 aliphatic carbocycles. The Kier molecular flexibility index (Phi) is 10.7. The topological polar surface area (TPSA) is 86.7 Å². The van der Waals surface area contributed by atoms with Gasteiger partial charge in [0.1, 0.15) is 11.5 Å². The van der Waals surface area contributed by atoms with Gasteiger partial charge >= 0.3 is 0 Å².